The van der Waals surface area contributed by atoms with E-state index in [1.165, 1.54) is 38.5 Å². The largest absolute Gasteiger partial charge is 0.379 e. The topological polar surface area (TPSA) is 46.9 Å². The van der Waals surface area contributed by atoms with E-state index < -0.39 is 0 Å². The van der Waals surface area contributed by atoms with E-state index in [0.29, 0.717) is 16.4 Å². The highest BCUT2D eigenvalue weighted by Crippen LogP contribution is 2.46. The van der Waals surface area contributed by atoms with Gasteiger partial charge in [0, 0.05) is 12.6 Å². The smallest absolute Gasteiger partial charge is 0.283 e. The van der Waals surface area contributed by atoms with E-state index in [9.17, 15) is 4.79 Å². The molecule has 0 bridgehead atoms. The minimum atomic E-state index is 0.00671. The van der Waals surface area contributed by atoms with Crippen molar-refractivity contribution in [2.45, 2.75) is 51.1 Å². The van der Waals surface area contributed by atoms with Crippen molar-refractivity contribution in [2.75, 3.05) is 5.32 Å². The molecule has 0 amide bonds. The highest BCUT2D eigenvalue weighted by molar-refractivity contribution is 9.10. The second-order valence-electron chi connectivity index (χ2n) is 6.65. The van der Waals surface area contributed by atoms with Gasteiger partial charge in [0.15, 0.2) is 0 Å². The summed E-state index contributed by atoms with van der Waals surface area (Å²) in [5.41, 5.74) is 0.887. The first-order valence-corrected chi connectivity index (χ1v) is 8.54. The molecule has 108 valence electrons. The molecule has 1 heterocycles. The van der Waals surface area contributed by atoms with Crippen LogP contribution in [-0.4, -0.2) is 15.8 Å². The van der Waals surface area contributed by atoms with Crippen LogP contribution in [0, 0.1) is 17.8 Å². The second-order valence-corrected chi connectivity index (χ2v) is 7.44. The highest BCUT2D eigenvalue weighted by atomic mass is 79.9. The fourth-order valence-electron chi connectivity index (χ4n) is 2.95. The number of nitrogens with zero attached hydrogens (tertiary/aromatic N) is 2. The van der Waals surface area contributed by atoms with E-state index in [1.54, 1.807) is 4.68 Å². The lowest BCUT2D eigenvalue weighted by atomic mass is 10.1. The van der Waals surface area contributed by atoms with Gasteiger partial charge in [-0.15, -0.1) is 0 Å². The van der Waals surface area contributed by atoms with Crippen LogP contribution in [0.25, 0.3) is 0 Å². The van der Waals surface area contributed by atoms with Gasteiger partial charge in [-0.05, 0) is 72.2 Å². The molecule has 5 heteroatoms. The van der Waals surface area contributed by atoms with Gasteiger partial charge in [0.2, 0.25) is 0 Å². The quantitative estimate of drug-likeness (QED) is 0.867. The van der Waals surface area contributed by atoms with E-state index in [0.717, 1.165) is 24.1 Å². The fourth-order valence-corrected chi connectivity index (χ4v) is 3.37. The van der Waals surface area contributed by atoms with Gasteiger partial charge in [0.25, 0.3) is 5.56 Å². The van der Waals surface area contributed by atoms with Gasteiger partial charge in [0.1, 0.15) is 4.47 Å². The van der Waals surface area contributed by atoms with Crippen molar-refractivity contribution in [3.8, 4) is 0 Å². The molecule has 4 rings (SSSR count). The van der Waals surface area contributed by atoms with Crippen LogP contribution in [-0.2, 0) is 6.54 Å². The van der Waals surface area contributed by atoms with Gasteiger partial charge in [-0.1, -0.05) is 0 Å². The van der Waals surface area contributed by atoms with Crippen molar-refractivity contribution < 1.29 is 0 Å². The summed E-state index contributed by atoms with van der Waals surface area (Å²) < 4.78 is 2.26. The SMILES string of the molecule is O=c1c(Br)c(NC(C2CC2)C2CC2)cnn1CC1CC1. The molecule has 3 aliphatic carbocycles. The summed E-state index contributed by atoms with van der Waals surface area (Å²) in [7, 11) is 0. The third-order valence-corrected chi connectivity index (χ3v) is 5.46. The summed E-state index contributed by atoms with van der Waals surface area (Å²) in [6.45, 7) is 0.770. The van der Waals surface area contributed by atoms with E-state index in [-0.39, 0.29) is 5.56 Å². The molecule has 1 aromatic rings. The lowest BCUT2D eigenvalue weighted by Gasteiger charge is -2.20. The van der Waals surface area contributed by atoms with Crippen LogP contribution in [0.5, 0.6) is 0 Å². The molecule has 0 saturated heterocycles. The Bertz CT molecular complexity index is 561. The monoisotopic (exact) mass is 337 g/mol. The molecular weight excluding hydrogens is 318 g/mol. The molecule has 0 spiro atoms. The van der Waals surface area contributed by atoms with Crippen LogP contribution in [0.2, 0.25) is 0 Å². The first-order valence-electron chi connectivity index (χ1n) is 7.74. The van der Waals surface area contributed by atoms with Crippen molar-refractivity contribution >= 4 is 21.6 Å². The maximum absolute atomic E-state index is 12.3. The number of hydrogen-bond donors (Lipinski definition) is 1. The number of aromatic nitrogens is 2. The van der Waals surface area contributed by atoms with Crippen molar-refractivity contribution in [3.63, 3.8) is 0 Å². The van der Waals surface area contributed by atoms with E-state index in [4.69, 9.17) is 0 Å². The van der Waals surface area contributed by atoms with Crippen LogP contribution < -0.4 is 10.9 Å². The number of hydrogen-bond acceptors (Lipinski definition) is 3. The zero-order valence-corrected chi connectivity index (χ0v) is 13.1. The Kier molecular flexibility index (Phi) is 3.13. The van der Waals surface area contributed by atoms with Gasteiger partial charge in [0.05, 0.1) is 11.9 Å². The molecule has 0 aliphatic heterocycles. The van der Waals surface area contributed by atoms with Crippen molar-refractivity contribution in [1.82, 2.24) is 9.78 Å². The van der Waals surface area contributed by atoms with E-state index in [2.05, 4.69) is 26.3 Å². The Labute approximate surface area is 127 Å². The normalized spacial score (nSPS) is 22.3. The van der Waals surface area contributed by atoms with Crippen LogP contribution in [0.4, 0.5) is 5.69 Å². The maximum Gasteiger partial charge on any atom is 0.283 e. The van der Waals surface area contributed by atoms with Gasteiger partial charge < -0.3 is 5.32 Å². The summed E-state index contributed by atoms with van der Waals surface area (Å²) in [4.78, 5) is 12.3. The summed E-state index contributed by atoms with van der Waals surface area (Å²) in [5.74, 6) is 2.28. The first-order chi connectivity index (χ1) is 9.72. The predicted octanol–water partition coefficient (Wildman–Crippen LogP) is 3.02. The second kappa shape index (κ2) is 4.86. The zero-order chi connectivity index (χ0) is 13.7. The Morgan fingerprint density at radius 1 is 1.25 bits per heavy atom. The Morgan fingerprint density at radius 2 is 1.90 bits per heavy atom. The summed E-state index contributed by atoms with van der Waals surface area (Å²) >= 11 is 3.47. The lowest BCUT2D eigenvalue weighted by molar-refractivity contribution is 0.528. The summed E-state index contributed by atoms with van der Waals surface area (Å²) in [6, 6.07) is 0.548. The number of halogens is 1. The van der Waals surface area contributed by atoms with E-state index in [1.807, 2.05) is 6.20 Å². The van der Waals surface area contributed by atoms with Crippen molar-refractivity contribution in [2.24, 2.45) is 17.8 Å². The van der Waals surface area contributed by atoms with Crippen LogP contribution in [0.1, 0.15) is 38.5 Å². The van der Waals surface area contributed by atoms with Crippen molar-refractivity contribution in [3.05, 3.63) is 21.0 Å². The van der Waals surface area contributed by atoms with Gasteiger partial charge in [-0.25, -0.2) is 4.68 Å². The molecule has 0 unspecified atom stereocenters. The minimum absolute atomic E-state index is 0.00671. The summed E-state index contributed by atoms with van der Waals surface area (Å²) in [6.07, 6.45) is 9.62. The Morgan fingerprint density at radius 3 is 2.45 bits per heavy atom. The van der Waals surface area contributed by atoms with Crippen LogP contribution >= 0.6 is 15.9 Å². The molecule has 1 N–H and O–H groups in total. The standard InChI is InChI=1S/C15H20BrN3O/c16-13-12(18-14(10-3-4-10)11-5-6-11)7-17-19(15(13)20)8-9-1-2-9/h7,9-11,14,18H,1-6,8H2. The molecule has 0 atom stereocenters. The average Bonchev–Trinajstić information content (AvgIpc) is 3.26. The zero-order valence-electron chi connectivity index (χ0n) is 11.5. The van der Waals surface area contributed by atoms with Crippen molar-refractivity contribution in [1.29, 1.82) is 0 Å². The molecule has 20 heavy (non-hydrogen) atoms. The third-order valence-electron chi connectivity index (χ3n) is 4.69. The fraction of sp³-hybridized carbons (Fsp3) is 0.733. The van der Waals surface area contributed by atoms with Crippen LogP contribution in [0.3, 0.4) is 0 Å². The molecule has 3 fully saturated rings. The molecule has 3 saturated carbocycles. The Balaban J connectivity index is 1.54. The van der Waals surface area contributed by atoms with Gasteiger partial charge in [-0.3, -0.25) is 4.79 Å². The van der Waals surface area contributed by atoms with E-state index >= 15 is 0 Å². The first kappa shape index (κ1) is 12.9. The minimum Gasteiger partial charge on any atom is -0.379 e. The van der Waals surface area contributed by atoms with Crippen LogP contribution in [0.15, 0.2) is 15.5 Å². The van der Waals surface area contributed by atoms with Gasteiger partial charge >= 0.3 is 0 Å². The predicted molar refractivity (Wildman–Crippen MR) is 81.8 cm³/mol. The third kappa shape index (κ3) is 2.65. The molecule has 3 aliphatic rings. The number of anilines is 1. The highest BCUT2D eigenvalue weighted by Gasteiger charge is 2.41. The maximum atomic E-state index is 12.3. The summed E-state index contributed by atoms with van der Waals surface area (Å²) in [5, 5.41) is 7.93. The molecule has 4 nitrogen and oxygen atoms in total. The molecular formula is C15H20BrN3O. The Hall–Kier alpha value is -0.840. The average molecular weight is 338 g/mol. The number of rotatable bonds is 6. The molecule has 0 radical (unpaired) electrons. The molecule has 0 aromatic carbocycles. The lowest BCUT2D eigenvalue weighted by Crippen LogP contribution is -2.29. The van der Waals surface area contributed by atoms with Gasteiger partial charge in [-0.2, -0.15) is 5.10 Å². The number of nitrogens with one attached hydrogen (secondary N) is 1. The molecule has 1 aromatic heterocycles.